The van der Waals surface area contributed by atoms with Crippen LogP contribution in [0.3, 0.4) is 0 Å². The zero-order valence-corrected chi connectivity index (χ0v) is 32.3. The van der Waals surface area contributed by atoms with Gasteiger partial charge in [0.1, 0.15) is 5.58 Å². The molecular formula is C40H44GeIrN2O-2. The van der Waals surface area contributed by atoms with Crippen LogP contribution in [-0.4, -0.2) is 23.2 Å². The minimum atomic E-state index is -1.86. The average molecular weight is 834 g/mol. The molecule has 3 aromatic carbocycles. The Bertz CT molecular complexity index is 1870. The van der Waals surface area contributed by atoms with Crippen molar-refractivity contribution in [2.75, 3.05) is 0 Å². The predicted molar refractivity (Wildman–Crippen MR) is 189 cm³/mol. The number of nitrogens with zero attached hydrogens (tertiary/aromatic N) is 2. The van der Waals surface area contributed by atoms with Crippen molar-refractivity contribution in [2.24, 2.45) is 11.8 Å². The van der Waals surface area contributed by atoms with E-state index in [1.54, 1.807) is 4.40 Å². The molecule has 0 aliphatic rings. The third kappa shape index (κ3) is 8.41. The van der Waals surface area contributed by atoms with Crippen molar-refractivity contribution in [3.05, 3.63) is 114 Å². The van der Waals surface area contributed by atoms with E-state index in [-0.39, 0.29) is 20.1 Å². The summed E-state index contributed by atoms with van der Waals surface area (Å²) in [4.78, 5) is 9.34. The van der Waals surface area contributed by atoms with Gasteiger partial charge < -0.3 is 9.40 Å². The number of pyridine rings is 2. The molecule has 0 saturated carbocycles. The summed E-state index contributed by atoms with van der Waals surface area (Å²) in [7, 11) is 0. The molecule has 45 heavy (non-hydrogen) atoms. The van der Waals surface area contributed by atoms with Gasteiger partial charge in [0.15, 0.2) is 0 Å². The summed E-state index contributed by atoms with van der Waals surface area (Å²) in [6.45, 7) is 11.2. The van der Waals surface area contributed by atoms with Gasteiger partial charge in [0.25, 0.3) is 0 Å². The zero-order chi connectivity index (χ0) is 31.4. The largest absolute Gasteiger partial charge is 0.501 e. The number of fused-ring (bicyclic) bond motifs is 3. The van der Waals surface area contributed by atoms with Gasteiger partial charge in [0, 0.05) is 31.7 Å². The monoisotopic (exact) mass is 835 g/mol. The summed E-state index contributed by atoms with van der Waals surface area (Å²) < 4.78 is 7.66. The second-order valence-corrected chi connectivity index (χ2v) is 24.2. The van der Waals surface area contributed by atoms with Gasteiger partial charge >= 0.3 is 126 Å². The molecule has 3 aromatic heterocycles. The number of hydrogen-bond acceptors (Lipinski definition) is 3. The summed E-state index contributed by atoms with van der Waals surface area (Å²) in [5.41, 5.74) is 9.86. The number of hydrogen-bond donors (Lipinski definition) is 0. The van der Waals surface area contributed by atoms with Crippen molar-refractivity contribution in [3.63, 3.8) is 0 Å². The standard InChI is InChI=1S/C22H20NO.C18H24GeN.Ir/c1-14(2)11-16-12-20(23-13-15(16)3)19-9-6-8-18-17-7-4-5-10-21(17)24-22(18)19;1-14(2)11-16-12-18(15-9-7-6-8-10-15)20-13-17(16)19(3,4)5;/h4-8,10,12-14H,11H2,1-3H3;6-9,12-14H,11H2,1-5H3;/q2*-1;. The molecule has 5 heteroatoms. The molecule has 3 heterocycles. The molecule has 6 aromatic rings. The molecule has 6 rings (SSSR count). The first-order valence-corrected chi connectivity index (χ1v) is 23.1. The van der Waals surface area contributed by atoms with Crippen LogP contribution in [-0.2, 0) is 32.9 Å². The van der Waals surface area contributed by atoms with E-state index < -0.39 is 13.3 Å². The molecule has 0 saturated heterocycles. The van der Waals surface area contributed by atoms with Crippen LogP contribution in [0.15, 0.2) is 89.6 Å². The van der Waals surface area contributed by atoms with Crippen molar-refractivity contribution in [1.29, 1.82) is 0 Å². The quantitative estimate of drug-likeness (QED) is 0.119. The van der Waals surface area contributed by atoms with Gasteiger partial charge in [-0.05, 0) is 36.6 Å². The first-order chi connectivity index (χ1) is 21.0. The SMILES string of the molecule is CC(C)Cc1cc(-c2[c-]cccc2)nc[c]1[Ge]([CH3])([CH3])[CH3].Cc1cnc(-c2[c-]ccc3c2oc2ccccc23)cc1CC(C)C.[Ir]. The summed E-state index contributed by atoms with van der Waals surface area (Å²) >= 11 is -1.86. The zero-order valence-electron chi connectivity index (χ0n) is 27.8. The van der Waals surface area contributed by atoms with E-state index in [9.17, 15) is 0 Å². The number of para-hydroxylation sites is 1. The maximum atomic E-state index is 6.12. The molecule has 0 N–H and O–H groups in total. The summed E-state index contributed by atoms with van der Waals surface area (Å²) in [6.07, 6.45) is 6.29. The van der Waals surface area contributed by atoms with Crippen LogP contribution in [0.4, 0.5) is 0 Å². The Morgan fingerprint density at radius 2 is 1.40 bits per heavy atom. The van der Waals surface area contributed by atoms with Gasteiger partial charge in [-0.2, -0.15) is 0 Å². The maximum Gasteiger partial charge on any atom is 0.120 e. The van der Waals surface area contributed by atoms with E-state index in [0.717, 1.165) is 57.3 Å². The predicted octanol–water partition coefficient (Wildman–Crippen LogP) is 10.2. The number of aromatic nitrogens is 2. The third-order valence-corrected chi connectivity index (χ3v) is 12.2. The molecule has 1 radical (unpaired) electrons. The molecule has 0 unspecified atom stereocenters. The summed E-state index contributed by atoms with van der Waals surface area (Å²) in [5.74, 6) is 8.61. The molecule has 3 nitrogen and oxygen atoms in total. The van der Waals surface area contributed by atoms with Crippen molar-refractivity contribution in [2.45, 2.75) is 64.7 Å². The van der Waals surface area contributed by atoms with Crippen molar-refractivity contribution in [1.82, 2.24) is 9.97 Å². The molecule has 0 aliphatic heterocycles. The smallest absolute Gasteiger partial charge is 0.120 e. The van der Waals surface area contributed by atoms with Crippen LogP contribution in [0.1, 0.15) is 44.4 Å². The van der Waals surface area contributed by atoms with Crippen LogP contribution in [0.25, 0.3) is 44.5 Å². The molecular weight excluding hydrogens is 789 g/mol. The molecule has 0 spiro atoms. The van der Waals surface area contributed by atoms with Crippen molar-refractivity contribution >= 4 is 39.6 Å². The van der Waals surface area contributed by atoms with Gasteiger partial charge in [-0.15, -0.1) is 18.2 Å². The minimum Gasteiger partial charge on any atom is -0.501 e. The van der Waals surface area contributed by atoms with Crippen LogP contribution < -0.4 is 4.40 Å². The Hall–Kier alpha value is -3.05. The van der Waals surface area contributed by atoms with E-state index in [4.69, 9.17) is 9.40 Å². The summed E-state index contributed by atoms with van der Waals surface area (Å²) in [5, 5.41) is 2.25. The van der Waals surface area contributed by atoms with Crippen LogP contribution in [0.2, 0.25) is 17.3 Å². The molecule has 0 aliphatic carbocycles. The van der Waals surface area contributed by atoms with E-state index in [2.05, 4.69) is 106 Å². The number of benzene rings is 3. The fourth-order valence-electron chi connectivity index (χ4n) is 5.72. The Balaban J connectivity index is 0.000000204. The van der Waals surface area contributed by atoms with Gasteiger partial charge in [0.05, 0.1) is 5.58 Å². The molecule has 0 bridgehead atoms. The van der Waals surface area contributed by atoms with Crippen molar-refractivity contribution in [3.8, 4) is 22.5 Å². The number of aryl methyl sites for hydroxylation is 1. The summed E-state index contributed by atoms with van der Waals surface area (Å²) in [6, 6.07) is 31.3. The van der Waals surface area contributed by atoms with Crippen LogP contribution in [0.5, 0.6) is 0 Å². The Morgan fingerprint density at radius 1 is 0.733 bits per heavy atom. The fourth-order valence-corrected chi connectivity index (χ4v) is 9.06. The second-order valence-electron chi connectivity index (χ2n) is 13.6. The van der Waals surface area contributed by atoms with Gasteiger partial charge in [-0.3, -0.25) is 0 Å². The average Bonchev–Trinajstić information content (AvgIpc) is 3.37. The first-order valence-electron chi connectivity index (χ1n) is 15.8. The van der Waals surface area contributed by atoms with Crippen LogP contribution >= 0.6 is 0 Å². The Labute approximate surface area is 285 Å². The molecule has 0 atom stereocenters. The van der Waals surface area contributed by atoms with E-state index in [0.29, 0.717) is 11.8 Å². The van der Waals surface area contributed by atoms with Crippen LogP contribution in [0, 0.1) is 30.9 Å². The number of rotatable bonds is 7. The normalized spacial score (nSPS) is 11.5. The van der Waals surface area contributed by atoms with E-state index >= 15 is 0 Å². The van der Waals surface area contributed by atoms with Gasteiger partial charge in [-0.25, -0.2) is 0 Å². The molecule has 0 amide bonds. The minimum absolute atomic E-state index is 0. The molecule has 235 valence electrons. The van der Waals surface area contributed by atoms with E-state index in [1.165, 1.54) is 16.7 Å². The Morgan fingerprint density at radius 3 is 2.09 bits per heavy atom. The fraction of sp³-hybridized carbons (Fsp3) is 0.300. The maximum absolute atomic E-state index is 6.12. The van der Waals surface area contributed by atoms with E-state index in [1.807, 2.05) is 48.7 Å². The van der Waals surface area contributed by atoms with Crippen molar-refractivity contribution < 1.29 is 24.5 Å². The first kappa shape index (κ1) is 34.8. The Kier molecular flexibility index (Phi) is 11.6. The van der Waals surface area contributed by atoms with Gasteiger partial charge in [-0.1, -0.05) is 54.6 Å². The third-order valence-electron chi connectivity index (χ3n) is 7.85. The molecule has 0 fully saturated rings. The topological polar surface area (TPSA) is 38.9 Å². The second kappa shape index (κ2) is 15.0. The van der Waals surface area contributed by atoms with Gasteiger partial charge in [0.2, 0.25) is 0 Å². The number of furan rings is 1.